The summed E-state index contributed by atoms with van der Waals surface area (Å²) in [4.78, 5) is 38.0. The maximum Gasteiger partial charge on any atom is 0.339 e. The van der Waals surface area contributed by atoms with E-state index in [0.29, 0.717) is 23.4 Å². The quantitative estimate of drug-likeness (QED) is 0.509. The number of hydrogen-bond donors (Lipinski definition) is 1. The van der Waals surface area contributed by atoms with Crippen molar-refractivity contribution in [3.63, 3.8) is 0 Å². The van der Waals surface area contributed by atoms with Crippen LogP contribution in [0.2, 0.25) is 0 Å². The minimum absolute atomic E-state index is 0.0950. The van der Waals surface area contributed by atoms with E-state index in [0.717, 1.165) is 31.2 Å². The van der Waals surface area contributed by atoms with Crippen LogP contribution in [0.4, 0.5) is 5.69 Å². The predicted molar refractivity (Wildman–Crippen MR) is 132 cm³/mol. The maximum absolute atomic E-state index is 13.0. The van der Waals surface area contributed by atoms with Gasteiger partial charge in [0.1, 0.15) is 6.10 Å². The molecule has 1 aliphatic carbocycles. The first kappa shape index (κ1) is 25.5. The number of ether oxygens (including phenoxy) is 2. The molecule has 34 heavy (non-hydrogen) atoms. The zero-order valence-electron chi connectivity index (χ0n) is 20.5. The number of nitrogens with one attached hydrogen (secondary N) is 1. The van der Waals surface area contributed by atoms with Gasteiger partial charge in [-0.3, -0.25) is 4.79 Å². The van der Waals surface area contributed by atoms with Gasteiger partial charge in [-0.1, -0.05) is 58.4 Å². The highest BCUT2D eigenvalue weighted by Crippen LogP contribution is 2.35. The Balaban J connectivity index is 1.62. The van der Waals surface area contributed by atoms with Crippen LogP contribution in [-0.4, -0.2) is 30.6 Å². The van der Waals surface area contributed by atoms with Crippen LogP contribution in [0.25, 0.3) is 0 Å². The molecule has 1 amide bonds. The second-order valence-corrected chi connectivity index (χ2v) is 9.49. The van der Waals surface area contributed by atoms with Gasteiger partial charge in [-0.05, 0) is 66.8 Å². The summed E-state index contributed by atoms with van der Waals surface area (Å²) in [5.74, 6) is -0.519. The number of hydrogen-bond acceptors (Lipinski definition) is 5. The highest BCUT2D eigenvalue weighted by molar-refractivity contribution is 6.04. The van der Waals surface area contributed by atoms with E-state index in [1.807, 2.05) is 12.1 Å². The van der Waals surface area contributed by atoms with E-state index >= 15 is 0 Å². The van der Waals surface area contributed by atoms with Gasteiger partial charge in [0.05, 0.1) is 11.1 Å². The molecule has 1 N–H and O–H groups in total. The van der Waals surface area contributed by atoms with Crippen LogP contribution < -0.4 is 5.32 Å². The first-order valence-electron chi connectivity index (χ1n) is 12.1. The maximum atomic E-state index is 13.0. The van der Waals surface area contributed by atoms with Crippen molar-refractivity contribution in [3.05, 3.63) is 65.2 Å². The molecule has 2 aromatic rings. The molecule has 1 aliphatic rings. The summed E-state index contributed by atoms with van der Waals surface area (Å²) in [6.45, 7) is 8.07. The van der Waals surface area contributed by atoms with E-state index in [1.54, 1.807) is 30.3 Å². The van der Waals surface area contributed by atoms with Crippen molar-refractivity contribution in [3.8, 4) is 0 Å². The Bertz CT molecular complexity index is 998. The Kier molecular flexibility index (Phi) is 8.85. The summed E-state index contributed by atoms with van der Waals surface area (Å²) in [6.07, 6.45) is 3.71. The van der Waals surface area contributed by atoms with Gasteiger partial charge in [0.2, 0.25) is 0 Å². The normalized spacial score (nSPS) is 20.0. The fraction of sp³-hybridized carbons (Fsp3) is 0.464. The van der Waals surface area contributed by atoms with E-state index in [4.69, 9.17) is 9.47 Å². The Labute approximate surface area is 202 Å². The minimum Gasteiger partial charge on any atom is -0.458 e. The molecular formula is C28H35NO5. The second-order valence-electron chi connectivity index (χ2n) is 9.49. The predicted octanol–water partition coefficient (Wildman–Crippen LogP) is 5.66. The number of carbonyl (C=O) groups is 3. The van der Waals surface area contributed by atoms with Crippen molar-refractivity contribution in [1.82, 2.24) is 0 Å². The average Bonchev–Trinajstić information content (AvgIpc) is 2.83. The molecule has 3 rings (SSSR count). The first-order chi connectivity index (χ1) is 16.3. The lowest BCUT2D eigenvalue weighted by Crippen LogP contribution is -2.36. The van der Waals surface area contributed by atoms with Crippen LogP contribution in [0, 0.1) is 17.8 Å². The van der Waals surface area contributed by atoms with E-state index in [2.05, 4.69) is 33.0 Å². The van der Waals surface area contributed by atoms with Crippen LogP contribution >= 0.6 is 0 Å². The summed E-state index contributed by atoms with van der Waals surface area (Å²) in [6, 6.07) is 13.9. The zero-order chi connectivity index (χ0) is 24.7. The Hall–Kier alpha value is -3.15. The van der Waals surface area contributed by atoms with Gasteiger partial charge in [0.15, 0.2) is 6.61 Å². The minimum atomic E-state index is -0.735. The number of anilines is 1. The van der Waals surface area contributed by atoms with Crippen molar-refractivity contribution in [1.29, 1.82) is 0 Å². The van der Waals surface area contributed by atoms with Crippen molar-refractivity contribution in [2.75, 3.05) is 11.9 Å². The van der Waals surface area contributed by atoms with E-state index < -0.39 is 24.5 Å². The molecule has 2 aromatic carbocycles. The fourth-order valence-corrected chi connectivity index (χ4v) is 4.52. The molecular weight excluding hydrogens is 430 g/mol. The lowest BCUT2D eigenvalue weighted by molar-refractivity contribution is -0.119. The molecule has 1 fully saturated rings. The molecule has 182 valence electrons. The molecule has 0 heterocycles. The van der Waals surface area contributed by atoms with Crippen molar-refractivity contribution in [2.45, 2.75) is 59.5 Å². The van der Waals surface area contributed by atoms with Gasteiger partial charge in [-0.15, -0.1) is 0 Å². The largest absolute Gasteiger partial charge is 0.458 e. The van der Waals surface area contributed by atoms with Crippen molar-refractivity contribution < 1.29 is 23.9 Å². The monoisotopic (exact) mass is 465 g/mol. The van der Waals surface area contributed by atoms with E-state index in [-0.39, 0.29) is 17.2 Å². The molecule has 0 saturated heterocycles. The highest BCUT2D eigenvalue weighted by Gasteiger charge is 2.34. The molecule has 6 heteroatoms. The van der Waals surface area contributed by atoms with Gasteiger partial charge in [0, 0.05) is 5.69 Å². The van der Waals surface area contributed by atoms with Crippen molar-refractivity contribution in [2.24, 2.45) is 17.8 Å². The molecule has 1 saturated carbocycles. The van der Waals surface area contributed by atoms with Crippen LogP contribution in [0.15, 0.2) is 48.5 Å². The van der Waals surface area contributed by atoms with Gasteiger partial charge < -0.3 is 14.8 Å². The third kappa shape index (κ3) is 6.69. The summed E-state index contributed by atoms with van der Waals surface area (Å²) < 4.78 is 11.1. The number of aryl methyl sites for hydroxylation is 1. The lowest BCUT2D eigenvalue weighted by atomic mass is 9.75. The summed E-state index contributed by atoms with van der Waals surface area (Å²) >= 11 is 0. The smallest absolute Gasteiger partial charge is 0.339 e. The number of benzene rings is 2. The number of rotatable bonds is 8. The van der Waals surface area contributed by atoms with Gasteiger partial charge in [-0.25, -0.2) is 9.59 Å². The molecule has 0 unspecified atom stereocenters. The van der Waals surface area contributed by atoms with Gasteiger partial charge in [-0.2, -0.15) is 0 Å². The number of amides is 1. The average molecular weight is 466 g/mol. The summed E-state index contributed by atoms with van der Waals surface area (Å²) in [7, 11) is 0. The second kappa shape index (κ2) is 11.8. The molecule has 0 bridgehead atoms. The molecule has 3 atom stereocenters. The zero-order valence-corrected chi connectivity index (χ0v) is 20.5. The molecule has 0 radical (unpaired) electrons. The van der Waals surface area contributed by atoms with Gasteiger partial charge >= 0.3 is 11.9 Å². The Morgan fingerprint density at radius 2 is 1.62 bits per heavy atom. The highest BCUT2D eigenvalue weighted by atomic mass is 16.5. The molecule has 0 spiro atoms. The van der Waals surface area contributed by atoms with Gasteiger partial charge in [0.25, 0.3) is 5.91 Å². The topological polar surface area (TPSA) is 81.7 Å². The van der Waals surface area contributed by atoms with Crippen LogP contribution in [0.5, 0.6) is 0 Å². The Morgan fingerprint density at radius 1 is 0.971 bits per heavy atom. The van der Waals surface area contributed by atoms with E-state index in [9.17, 15) is 14.4 Å². The number of carbonyl (C=O) groups excluding carboxylic acids is 3. The summed E-state index contributed by atoms with van der Waals surface area (Å²) in [5, 5.41) is 2.70. The van der Waals surface area contributed by atoms with Crippen LogP contribution in [0.3, 0.4) is 0 Å². The van der Waals surface area contributed by atoms with Crippen LogP contribution in [0.1, 0.15) is 73.2 Å². The van der Waals surface area contributed by atoms with E-state index in [1.165, 1.54) is 6.07 Å². The fourth-order valence-electron chi connectivity index (χ4n) is 4.52. The Morgan fingerprint density at radius 3 is 2.24 bits per heavy atom. The van der Waals surface area contributed by atoms with Crippen molar-refractivity contribution >= 4 is 23.5 Å². The molecule has 0 aliphatic heterocycles. The molecule has 6 nitrogen and oxygen atoms in total. The third-order valence-corrected chi connectivity index (χ3v) is 6.57. The SMILES string of the molecule is CCc1ccc(NC(=O)COC(=O)c2ccccc2C(=O)O[C@@H]2C[C@H](C)CC[C@@H]2C(C)C)cc1. The standard InChI is InChI=1S/C28H35NO5/c1-5-20-11-13-21(14-12-20)29-26(30)17-33-27(31)23-8-6-7-9-24(23)28(32)34-25-16-19(4)10-15-22(25)18(2)3/h6-9,11-14,18-19,22,25H,5,10,15-17H2,1-4H3,(H,29,30)/t19-,22-,25-/m1/s1. The number of esters is 2. The summed E-state index contributed by atoms with van der Waals surface area (Å²) in [5.41, 5.74) is 2.04. The lowest BCUT2D eigenvalue weighted by Gasteiger charge is -2.36. The van der Waals surface area contributed by atoms with Crippen LogP contribution in [-0.2, 0) is 20.7 Å². The molecule has 0 aromatic heterocycles. The third-order valence-electron chi connectivity index (χ3n) is 6.57. The first-order valence-corrected chi connectivity index (χ1v) is 12.1.